The molecule has 0 fully saturated rings. The lowest BCUT2D eigenvalue weighted by Crippen LogP contribution is -2.14. The van der Waals surface area contributed by atoms with Crippen LogP contribution in [0.5, 0.6) is 5.75 Å². The summed E-state index contributed by atoms with van der Waals surface area (Å²) in [4.78, 5) is 0. The molecule has 0 saturated carbocycles. The molecule has 0 aliphatic carbocycles. The van der Waals surface area contributed by atoms with Gasteiger partial charge in [0.25, 0.3) is 0 Å². The molecule has 0 aliphatic heterocycles. The molecule has 0 radical (unpaired) electrons. The summed E-state index contributed by atoms with van der Waals surface area (Å²) in [5.41, 5.74) is 2.55. The summed E-state index contributed by atoms with van der Waals surface area (Å²) < 4.78 is 7.06. The number of rotatable bonds is 7. The van der Waals surface area contributed by atoms with E-state index in [1.54, 1.807) is 0 Å². The molecule has 1 unspecified atom stereocenters. The lowest BCUT2D eigenvalue weighted by atomic mass is 10.1. The van der Waals surface area contributed by atoms with Crippen molar-refractivity contribution in [3.63, 3.8) is 0 Å². The number of nitrogens with one attached hydrogen (secondary N) is 1. The Kier molecular flexibility index (Phi) is 6.27. The van der Waals surface area contributed by atoms with Gasteiger partial charge in [-0.1, -0.05) is 46.3 Å². The van der Waals surface area contributed by atoms with Crippen LogP contribution in [0, 0.1) is 0 Å². The van der Waals surface area contributed by atoms with Gasteiger partial charge in [-0.2, -0.15) is 0 Å². The molecule has 3 heteroatoms. The molecule has 2 aromatic rings. The largest absolute Gasteiger partial charge is 0.493 e. The number of aryl methyl sites for hydroxylation is 1. The Hall–Kier alpha value is -1.32. The van der Waals surface area contributed by atoms with E-state index < -0.39 is 0 Å². The molecule has 2 rings (SSSR count). The Labute approximate surface area is 135 Å². The smallest absolute Gasteiger partial charge is 0.124 e. The summed E-state index contributed by atoms with van der Waals surface area (Å²) in [5.74, 6) is 0.966. The van der Waals surface area contributed by atoms with Crippen LogP contribution in [-0.2, 0) is 6.42 Å². The molecule has 112 valence electrons. The molecule has 0 spiro atoms. The van der Waals surface area contributed by atoms with Crippen LogP contribution in [0.15, 0.2) is 53.0 Å². The first-order valence-corrected chi connectivity index (χ1v) is 8.13. The molecular weight excluding hydrogens is 326 g/mol. The normalized spacial score (nSPS) is 12.1. The maximum atomic E-state index is 5.98. The highest BCUT2D eigenvalue weighted by atomic mass is 79.9. The van der Waals surface area contributed by atoms with Gasteiger partial charge >= 0.3 is 0 Å². The molecule has 1 atom stereocenters. The van der Waals surface area contributed by atoms with Crippen molar-refractivity contribution in [3.8, 4) is 5.75 Å². The molecule has 0 saturated heterocycles. The Morgan fingerprint density at radius 1 is 1.14 bits per heavy atom. The SMILES string of the molecule is CNC(C)c1cc(Br)ccc1OCCCc1ccccc1. The third kappa shape index (κ3) is 4.87. The third-order valence-corrected chi connectivity index (χ3v) is 4.07. The van der Waals surface area contributed by atoms with Crippen molar-refractivity contribution in [2.45, 2.75) is 25.8 Å². The van der Waals surface area contributed by atoms with Gasteiger partial charge in [-0.3, -0.25) is 0 Å². The van der Waals surface area contributed by atoms with Gasteiger partial charge in [-0.15, -0.1) is 0 Å². The maximum absolute atomic E-state index is 5.98. The summed E-state index contributed by atoms with van der Waals surface area (Å²) in [6.07, 6.45) is 2.07. The highest BCUT2D eigenvalue weighted by molar-refractivity contribution is 9.10. The van der Waals surface area contributed by atoms with E-state index in [0.717, 1.165) is 29.7 Å². The van der Waals surface area contributed by atoms with Crippen molar-refractivity contribution < 1.29 is 4.74 Å². The minimum atomic E-state index is 0.270. The van der Waals surface area contributed by atoms with E-state index in [0.29, 0.717) is 0 Å². The van der Waals surface area contributed by atoms with E-state index in [9.17, 15) is 0 Å². The van der Waals surface area contributed by atoms with Crippen molar-refractivity contribution in [3.05, 3.63) is 64.1 Å². The first-order chi connectivity index (χ1) is 10.2. The van der Waals surface area contributed by atoms with Gasteiger partial charge in [0.1, 0.15) is 5.75 Å². The van der Waals surface area contributed by atoms with Crippen LogP contribution in [0.3, 0.4) is 0 Å². The average Bonchev–Trinajstić information content (AvgIpc) is 2.53. The van der Waals surface area contributed by atoms with Gasteiger partial charge < -0.3 is 10.1 Å². The fraction of sp³-hybridized carbons (Fsp3) is 0.333. The number of ether oxygens (including phenoxy) is 1. The minimum Gasteiger partial charge on any atom is -0.493 e. The predicted octanol–water partition coefficient (Wildman–Crippen LogP) is 4.74. The number of hydrogen-bond donors (Lipinski definition) is 1. The van der Waals surface area contributed by atoms with Crippen LogP contribution in [0.25, 0.3) is 0 Å². The molecule has 0 aromatic heterocycles. The molecule has 0 amide bonds. The number of halogens is 1. The zero-order valence-electron chi connectivity index (χ0n) is 12.6. The second-order valence-corrected chi connectivity index (χ2v) is 6.05. The monoisotopic (exact) mass is 347 g/mol. The molecule has 2 nitrogen and oxygen atoms in total. The maximum Gasteiger partial charge on any atom is 0.124 e. The Morgan fingerprint density at radius 2 is 1.90 bits per heavy atom. The molecule has 0 bridgehead atoms. The van der Waals surface area contributed by atoms with Crippen molar-refractivity contribution in [1.82, 2.24) is 5.32 Å². The van der Waals surface area contributed by atoms with Gasteiger partial charge in [0.2, 0.25) is 0 Å². The molecular formula is C18H22BrNO. The Bertz CT molecular complexity index is 556. The standard InChI is InChI=1S/C18H22BrNO/c1-14(20-2)17-13-16(19)10-11-18(17)21-12-6-9-15-7-4-3-5-8-15/h3-5,7-8,10-11,13-14,20H,6,9,12H2,1-2H3. The van der Waals surface area contributed by atoms with Crippen molar-refractivity contribution >= 4 is 15.9 Å². The summed E-state index contributed by atoms with van der Waals surface area (Å²) in [7, 11) is 1.96. The highest BCUT2D eigenvalue weighted by Gasteiger charge is 2.10. The van der Waals surface area contributed by atoms with Crippen LogP contribution in [-0.4, -0.2) is 13.7 Å². The van der Waals surface area contributed by atoms with E-state index in [1.165, 1.54) is 11.1 Å². The number of hydrogen-bond acceptors (Lipinski definition) is 2. The van der Waals surface area contributed by atoms with E-state index in [4.69, 9.17) is 4.74 Å². The van der Waals surface area contributed by atoms with Crippen LogP contribution in [0.2, 0.25) is 0 Å². The van der Waals surface area contributed by atoms with Gasteiger partial charge in [0.05, 0.1) is 6.61 Å². The van der Waals surface area contributed by atoms with Crippen LogP contribution in [0.4, 0.5) is 0 Å². The second kappa shape index (κ2) is 8.20. The fourth-order valence-corrected chi connectivity index (χ4v) is 2.63. The average molecular weight is 348 g/mol. The third-order valence-electron chi connectivity index (χ3n) is 3.58. The summed E-state index contributed by atoms with van der Waals surface area (Å²) in [6, 6.07) is 17.0. The zero-order chi connectivity index (χ0) is 15.1. The molecule has 1 N–H and O–H groups in total. The topological polar surface area (TPSA) is 21.3 Å². The van der Waals surface area contributed by atoms with Gasteiger partial charge in [-0.25, -0.2) is 0 Å². The van der Waals surface area contributed by atoms with Crippen molar-refractivity contribution in [1.29, 1.82) is 0 Å². The molecule has 0 heterocycles. The fourth-order valence-electron chi connectivity index (χ4n) is 2.25. The Morgan fingerprint density at radius 3 is 2.62 bits per heavy atom. The summed E-state index contributed by atoms with van der Waals surface area (Å²) >= 11 is 3.52. The molecule has 21 heavy (non-hydrogen) atoms. The number of benzene rings is 2. The van der Waals surface area contributed by atoms with Crippen molar-refractivity contribution in [2.24, 2.45) is 0 Å². The van der Waals surface area contributed by atoms with Gasteiger partial charge in [0.15, 0.2) is 0 Å². The zero-order valence-corrected chi connectivity index (χ0v) is 14.2. The molecule has 2 aromatic carbocycles. The lowest BCUT2D eigenvalue weighted by molar-refractivity contribution is 0.305. The van der Waals surface area contributed by atoms with Crippen LogP contribution >= 0.6 is 15.9 Å². The van der Waals surface area contributed by atoms with Crippen LogP contribution < -0.4 is 10.1 Å². The minimum absolute atomic E-state index is 0.270. The van der Waals surface area contributed by atoms with Gasteiger partial charge in [0, 0.05) is 16.1 Å². The predicted molar refractivity (Wildman–Crippen MR) is 91.9 cm³/mol. The van der Waals surface area contributed by atoms with Gasteiger partial charge in [-0.05, 0) is 50.6 Å². The van der Waals surface area contributed by atoms with Crippen LogP contribution in [0.1, 0.15) is 30.5 Å². The summed E-state index contributed by atoms with van der Waals surface area (Å²) in [5, 5.41) is 3.26. The second-order valence-electron chi connectivity index (χ2n) is 5.13. The Balaban J connectivity index is 1.91. The van der Waals surface area contributed by atoms with E-state index in [1.807, 2.05) is 25.2 Å². The van der Waals surface area contributed by atoms with E-state index in [2.05, 4.69) is 58.5 Å². The molecule has 0 aliphatic rings. The quantitative estimate of drug-likeness (QED) is 0.730. The van der Waals surface area contributed by atoms with Crippen molar-refractivity contribution in [2.75, 3.05) is 13.7 Å². The van der Waals surface area contributed by atoms with E-state index >= 15 is 0 Å². The lowest BCUT2D eigenvalue weighted by Gasteiger charge is -2.17. The summed E-state index contributed by atoms with van der Waals surface area (Å²) in [6.45, 7) is 2.87. The highest BCUT2D eigenvalue weighted by Crippen LogP contribution is 2.28. The van der Waals surface area contributed by atoms with E-state index in [-0.39, 0.29) is 6.04 Å². The first-order valence-electron chi connectivity index (χ1n) is 7.34. The first kappa shape index (κ1) is 16.1.